The smallest absolute Gasteiger partial charge is 0.202 e. The summed E-state index contributed by atoms with van der Waals surface area (Å²) < 4.78 is 5.60. The van der Waals surface area contributed by atoms with Gasteiger partial charge in [0.2, 0.25) is 5.78 Å². The van der Waals surface area contributed by atoms with E-state index in [1.54, 1.807) is 26.1 Å². The normalized spacial score (nSPS) is 17.5. The van der Waals surface area contributed by atoms with Crippen LogP contribution in [0.4, 0.5) is 0 Å². The fourth-order valence-corrected chi connectivity index (χ4v) is 2.19. The van der Waals surface area contributed by atoms with E-state index in [0.717, 1.165) is 16.5 Å². The molecule has 0 saturated carbocycles. The maximum absolute atomic E-state index is 11.7. The number of carbonyl (C=O) groups is 1. The van der Waals surface area contributed by atoms with Gasteiger partial charge in [-0.2, -0.15) is 0 Å². The summed E-state index contributed by atoms with van der Waals surface area (Å²) in [6.07, 6.45) is 7.10. The lowest BCUT2D eigenvalue weighted by molar-refractivity contribution is -0.126. The number of carbonyl (C=O) groups excluding carboxylic acids is 1. The molecule has 0 saturated heterocycles. The molecule has 0 aliphatic carbocycles. The minimum absolute atomic E-state index is 0.00302. The third-order valence-electron chi connectivity index (χ3n) is 3.35. The summed E-state index contributed by atoms with van der Waals surface area (Å²) in [4.78, 5) is 16.0. The molecule has 1 aliphatic rings. The van der Waals surface area contributed by atoms with Crippen molar-refractivity contribution in [1.82, 2.24) is 4.98 Å². The Kier molecular flexibility index (Phi) is 2.90. The van der Waals surface area contributed by atoms with Crippen LogP contribution in [0.1, 0.15) is 19.4 Å². The molecular weight excluding hydrogens is 250 g/mol. The zero-order valence-corrected chi connectivity index (χ0v) is 11.5. The predicted molar refractivity (Wildman–Crippen MR) is 79.0 cm³/mol. The number of aromatic nitrogens is 1. The van der Waals surface area contributed by atoms with E-state index in [4.69, 9.17) is 4.74 Å². The van der Waals surface area contributed by atoms with Crippen LogP contribution in [0.3, 0.4) is 0 Å². The van der Waals surface area contributed by atoms with Gasteiger partial charge < -0.3 is 4.74 Å². The predicted octanol–water partition coefficient (Wildman–Crippen LogP) is 3.51. The summed E-state index contributed by atoms with van der Waals surface area (Å²) in [5.74, 6) is 0.595. The summed E-state index contributed by atoms with van der Waals surface area (Å²) in [6.45, 7) is 3.54. The number of hydrogen-bond acceptors (Lipinski definition) is 3. The van der Waals surface area contributed by atoms with E-state index in [1.807, 2.05) is 42.5 Å². The van der Waals surface area contributed by atoms with Gasteiger partial charge in [-0.3, -0.25) is 9.78 Å². The lowest BCUT2D eigenvalue weighted by Gasteiger charge is -2.16. The second-order valence-corrected chi connectivity index (χ2v) is 5.27. The average Bonchev–Trinajstić information content (AvgIpc) is 2.70. The fourth-order valence-electron chi connectivity index (χ4n) is 2.19. The Morgan fingerprint density at radius 3 is 2.70 bits per heavy atom. The number of benzene rings is 1. The first-order valence-corrected chi connectivity index (χ1v) is 6.53. The summed E-state index contributed by atoms with van der Waals surface area (Å²) >= 11 is 0. The molecule has 20 heavy (non-hydrogen) atoms. The maximum Gasteiger partial charge on any atom is 0.202 e. The van der Waals surface area contributed by atoms with E-state index in [-0.39, 0.29) is 5.78 Å². The van der Waals surface area contributed by atoms with Crippen LogP contribution in [0, 0.1) is 0 Å². The minimum Gasteiger partial charge on any atom is -0.480 e. The summed E-state index contributed by atoms with van der Waals surface area (Å²) in [5.41, 5.74) is 1.25. The second-order valence-electron chi connectivity index (χ2n) is 5.27. The number of pyridine rings is 1. The molecule has 100 valence electrons. The zero-order chi connectivity index (χ0) is 14.2. The van der Waals surface area contributed by atoms with Crippen molar-refractivity contribution in [3.8, 4) is 0 Å². The van der Waals surface area contributed by atoms with Gasteiger partial charge >= 0.3 is 0 Å². The summed E-state index contributed by atoms with van der Waals surface area (Å²) in [7, 11) is 0. The third kappa shape index (κ3) is 2.23. The lowest BCUT2D eigenvalue weighted by Crippen LogP contribution is -2.27. The molecule has 0 atom stereocenters. The van der Waals surface area contributed by atoms with E-state index < -0.39 is 5.60 Å². The van der Waals surface area contributed by atoms with E-state index in [1.165, 1.54) is 0 Å². The number of hydrogen-bond donors (Lipinski definition) is 0. The molecule has 1 aliphatic heterocycles. The van der Waals surface area contributed by atoms with Crippen molar-refractivity contribution in [3.05, 3.63) is 60.0 Å². The van der Waals surface area contributed by atoms with Crippen LogP contribution < -0.4 is 0 Å². The van der Waals surface area contributed by atoms with Crippen LogP contribution in [-0.2, 0) is 9.53 Å². The molecule has 0 N–H and O–H groups in total. The van der Waals surface area contributed by atoms with Gasteiger partial charge in [-0.15, -0.1) is 0 Å². The number of para-hydroxylation sites is 1. The van der Waals surface area contributed by atoms with Crippen molar-refractivity contribution in [2.75, 3.05) is 0 Å². The average molecular weight is 265 g/mol. The van der Waals surface area contributed by atoms with Crippen LogP contribution in [0.15, 0.2) is 54.4 Å². The Labute approximate surface area is 117 Å². The highest BCUT2D eigenvalue weighted by Gasteiger charge is 2.33. The maximum atomic E-state index is 11.7. The van der Waals surface area contributed by atoms with Gasteiger partial charge in [0.25, 0.3) is 0 Å². The van der Waals surface area contributed by atoms with Crippen LogP contribution in [0.5, 0.6) is 0 Å². The van der Waals surface area contributed by atoms with Gasteiger partial charge in [-0.05, 0) is 37.6 Å². The molecular formula is C17H15NO2. The van der Waals surface area contributed by atoms with Crippen molar-refractivity contribution in [3.63, 3.8) is 0 Å². The fraction of sp³-hybridized carbons (Fsp3) is 0.176. The standard InChI is InChI=1S/C17H15NO2/c1-17(2)16(19)11-13(20-17)8-7-12-9-10-18-15-6-4-3-5-14(12)15/h3-11H,1-2H3/b8-7+. The molecule has 0 bridgehead atoms. The molecule has 0 unspecified atom stereocenters. The molecule has 2 heterocycles. The molecule has 0 fully saturated rings. The van der Waals surface area contributed by atoms with Gasteiger partial charge in [0.15, 0.2) is 5.60 Å². The van der Waals surface area contributed by atoms with Gasteiger partial charge in [-0.25, -0.2) is 0 Å². The highest BCUT2D eigenvalue weighted by atomic mass is 16.5. The van der Waals surface area contributed by atoms with Crippen LogP contribution in [0.2, 0.25) is 0 Å². The third-order valence-corrected chi connectivity index (χ3v) is 3.35. The van der Waals surface area contributed by atoms with Gasteiger partial charge in [0, 0.05) is 17.7 Å². The van der Waals surface area contributed by atoms with Crippen LogP contribution in [0.25, 0.3) is 17.0 Å². The summed E-state index contributed by atoms with van der Waals surface area (Å²) in [5, 5.41) is 1.08. The molecule has 3 rings (SSSR count). The topological polar surface area (TPSA) is 39.2 Å². The van der Waals surface area contributed by atoms with E-state index in [0.29, 0.717) is 5.76 Å². The first-order chi connectivity index (χ1) is 9.56. The van der Waals surface area contributed by atoms with E-state index in [2.05, 4.69) is 4.98 Å². The zero-order valence-electron chi connectivity index (χ0n) is 11.5. The number of ketones is 1. The molecule has 0 spiro atoms. The highest BCUT2D eigenvalue weighted by Crippen LogP contribution is 2.26. The number of fused-ring (bicyclic) bond motifs is 1. The number of nitrogens with zero attached hydrogens (tertiary/aromatic N) is 1. The number of allylic oxidation sites excluding steroid dienone is 1. The molecule has 0 amide bonds. The number of ether oxygens (including phenoxy) is 1. The Balaban J connectivity index is 1.93. The van der Waals surface area contributed by atoms with Crippen molar-refractivity contribution in [2.24, 2.45) is 0 Å². The Morgan fingerprint density at radius 1 is 1.15 bits per heavy atom. The lowest BCUT2D eigenvalue weighted by atomic mass is 10.1. The largest absolute Gasteiger partial charge is 0.480 e. The number of rotatable bonds is 2. The molecule has 1 aromatic heterocycles. The molecule has 3 nitrogen and oxygen atoms in total. The Hall–Kier alpha value is -2.42. The second kappa shape index (κ2) is 4.60. The highest BCUT2D eigenvalue weighted by molar-refractivity contribution is 5.99. The van der Waals surface area contributed by atoms with Crippen LogP contribution in [-0.4, -0.2) is 16.4 Å². The Bertz CT molecular complexity index is 736. The van der Waals surface area contributed by atoms with E-state index in [9.17, 15) is 4.79 Å². The van der Waals surface area contributed by atoms with Crippen molar-refractivity contribution >= 4 is 22.8 Å². The van der Waals surface area contributed by atoms with Crippen molar-refractivity contribution in [2.45, 2.75) is 19.4 Å². The Morgan fingerprint density at radius 2 is 1.95 bits per heavy atom. The molecule has 1 aromatic carbocycles. The quantitative estimate of drug-likeness (QED) is 0.834. The van der Waals surface area contributed by atoms with Crippen LogP contribution >= 0.6 is 0 Å². The molecule has 0 radical (unpaired) electrons. The molecule has 2 aromatic rings. The first kappa shape index (κ1) is 12.6. The van der Waals surface area contributed by atoms with Gasteiger partial charge in [0.1, 0.15) is 5.76 Å². The van der Waals surface area contributed by atoms with Gasteiger partial charge in [-0.1, -0.05) is 24.3 Å². The molecule has 3 heteroatoms. The van der Waals surface area contributed by atoms with Crippen molar-refractivity contribution in [1.29, 1.82) is 0 Å². The first-order valence-electron chi connectivity index (χ1n) is 6.53. The summed E-state index contributed by atoms with van der Waals surface area (Å²) in [6, 6.07) is 9.90. The van der Waals surface area contributed by atoms with Gasteiger partial charge in [0.05, 0.1) is 5.52 Å². The minimum atomic E-state index is -0.750. The van der Waals surface area contributed by atoms with Crippen molar-refractivity contribution < 1.29 is 9.53 Å². The monoisotopic (exact) mass is 265 g/mol. The van der Waals surface area contributed by atoms with E-state index >= 15 is 0 Å². The SMILES string of the molecule is CC1(C)OC(/C=C/c2ccnc3ccccc23)=CC1=O.